The molecule has 0 saturated carbocycles. The molecular formula is C20H19BrClN3O2S. The lowest BCUT2D eigenvalue weighted by Gasteiger charge is -2.39. The molecule has 146 valence electrons. The third-order valence-corrected chi connectivity index (χ3v) is 6.64. The number of thiophene rings is 1. The third-order valence-electron chi connectivity index (χ3n) is 4.84. The Morgan fingerprint density at radius 2 is 1.96 bits per heavy atom. The smallest absolute Gasteiger partial charge is 0.273 e. The highest BCUT2D eigenvalue weighted by atomic mass is 79.9. The summed E-state index contributed by atoms with van der Waals surface area (Å²) in [5, 5.41) is 4.64. The average Bonchev–Trinajstić information content (AvgIpc) is 3.23. The highest BCUT2D eigenvalue weighted by Gasteiger charge is 2.40. The number of nitrogens with zero attached hydrogens (tertiary/aromatic N) is 3. The Bertz CT molecular complexity index is 1040. The molecule has 1 amide bonds. The van der Waals surface area contributed by atoms with Gasteiger partial charge in [-0.3, -0.25) is 9.48 Å². The van der Waals surface area contributed by atoms with Gasteiger partial charge in [0.15, 0.2) is 0 Å². The molecule has 2 aromatic heterocycles. The number of methoxy groups -OCH3 is 1. The number of carbonyl (C=O) groups excluding carboxylic acids is 1. The second-order valence-corrected chi connectivity index (χ2v) is 9.82. The van der Waals surface area contributed by atoms with Crippen LogP contribution in [0.5, 0.6) is 5.75 Å². The van der Waals surface area contributed by atoms with Gasteiger partial charge < -0.3 is 9.64 Å². The Morgan fingerprint density at radius 1 is 1.25 bits per heavy atom. The predicted octanol–water partition coefficient (Wildman–Crippen LogP) is 5.43. The van der Waals surface area contributed by atoms with Crippen LogP contribution in [0.4, 0.5) is 0 Å². The van der Waals surface area contributed by atoms with Crippen LogP contribution in [0.15, 0.2) is 41.0 Å². The summed E-state index contributed by atoms with van der Waals surface area (Å²) in [5.74, 6) is 0.765. The minimum Gasteiger partial charge on any atom is -0.497 e. The molecule has 1 aliphatic heterocycles. The molecule has 1 aliphatic rings. The number of amides is 1. The van der Waals surface area contributed by atoms with Crippen molar-refractivity contribution >= 4 is 44.8 Å². The number of halogens is 2. The summed E-state index contributed by atoms with van der Waals surface area (Å²) in [7, 11) is 1.64. The summed E-state index contributed by atoms with van der Waals surface area (Å²) in [4.78, 5) is 16.2. The maximum atomic E-state index is 13.4. The van der Waals surface area contributed by atoms with E-state index in [1.807, 2.05) is 46.0 Å². The fourth-order valence-corrected chi connectivity index (χ4v) is 5.31. The maximum absolute atomic E-state index is 13.4. The number of hydrogen-bond acceptors (Lipinski definition) is 4. The quantitative estimate of drug-likeness (QED) is 0.500. The van der Waals surface area contributed by atoms with Gasteiger partial charge in [-0.1, -0.05) is 23.7 Å². The number of hydrogen-bond donors (Lipinski definition) is 0. The van der Waals surface area contributed by atoms with Gasteiger partial charge in [-0.05, 0) is 59.6 Å². The van der Waals surface area contributed by atoms with Gasteiger partial charge in [0.2, 0.25) is 0 Å². The molecule has 0 N–H and O–H groups in total. The number of rotatable bonds is 4. The first kappa shape index (κ1) is 19.5. The molecule has 0 atom stereocenters. The molecule has 0 fully saturated rings. The molecule has 0 unspecified atom stereocenters. The number of carbonyl (C=O) groups is 1. The van der Waals surface area contributed by atoms with Crippen LogP contribution in [-0.2, 0) is 12.1 Å². The van der Waals surface area contributed by atoms with Crippen molar-refractivity contribution in [3.63, 3.8) is 0 Å². The van der Waals surface area contributed by atoms with Crippen molar-refractivity contribution in [3.8, 4) is 16.2 Å². The fraction of sp³-hybridized carbons (Fsp3) is 0.300. The normalized spacial score (nSPS) is 15.6. The van der Waals surface area contributed by atoms with E-state index in [0.29, 0.717) is 27.7 Å². The van der Waals surface area contributed by atoms with Crippen molar-refractivity contribution in [2.45, 2.75) is 25.9 Å². The molecule has 28 heavy (non-hydrogen) atoms. The number of benzene rings is 1. The van der Waals surface area contributed by atoms with Gasteiger partial charge in [0.25, 0.3) is 5.91 Å². The van der Waals surface area contributed by atoms with Crippen molar-refractivity contribution in [2.75, 3.05) is 13.7 Å². The van der Waals surface area contributed by atoms with Crippen LogP contribution >= 0.6 is 38.9 Å². The van der Waals surface area contributed by atoms with E-state index in [0.717, 1.165) is 21.8 Å². The van der Waals surface area contributed by atoms with Crippen LogP contribution < -0.4 is 4.74 Å². The molecule has 0 saturated heterocycles. The Labute approximate surface area is 181 Å². The lowest BCUT2D eigenvalue weighted by atomic mass is 9.99. The highest BCUT2D eigenvalue weighted by Crippen LogP contribution is 2.41. The monoisotopic (exact) mass is 479 g/mol. The average molecular weight is 481 g/mol. The second kappa shape index (κ2) is 7.21. The molecule has 0 aliphatic carbocycles. The van der Waals surface area contributed by atoms with Crippen LogP contribution in [0.2, 0.25) is 4.34 Å². The van der Waals surface area contributed by atoms with E-state index in [2.05, 4.69) is 34.9 Å². The molecule has 5 nitrogen and oxygen atoms in total. The van der Waals surface area contributed by atoms with Gasteiger partial charge in [0, 0.05) is 18.0 Å². The predicted molar refractivity (Wildman–Crippen MR) is 115 cm³/mol. The standard InChI is InChI=1S/C20H19BrClN3O2S/c1-20(2)11-24(10-12-4-6-13(27-3)7-5-12)19(26)17-16(18(21)23-25(17)20)14-8-9-15(22)28-14/h4-9H,10-11H2,1-3H3. The molecule has 1 aromatic carbocycles. The van der Waals surface area contributed by atoms with E-state index in [-0.39, 0.29) is 11.4 Å². The van der Waals surface area contributed by atoms with Crippen LogP contribution in [-0.4, -0.2) is 34.2 Å². The van der Waals surface area contributed by atoms with Gasteiger partial charge in [0.05, 0.1) is 22.5 Å². The fourth-order valence-electron chi connectivity index (χ4n) is 3.53. The Balaban J connectivity index is 1.75. The van der Waals surface area contributed by atoms with Crippen molar-refractivity contribution in [1.82, 2.24) is 14.7 Å². The number of aromatic nitrogens is 2. The molecule has 0 bridgehead atoms. The lowest BCUT2D eigenvalue weighted by molar-refractivity contribution is 0.0557. The van der Waals surface area contributed by atoms with E-state index in [9.17, 15) is 4.79 Å². The zero-order chi connectivity index (χ0) is 20.1. The first-order valence-electron chi connectivity index (χ1n) is 8.77. The van der Waals surface area contributed by atoms with E-state index >= 15 is 0 Å². The molecule has 8 heteroatoms. The molecule has 0 spiro atoms. The van der Waals surface area contributed by atoms with E-state index in [4.69, 9.17) is 16.3 Å². The van der Waals surface area contributed by atoms with Crippen LogP contribution in [0.25, 0.3) is 10.4 Å². The largest absolute Gasteiger partial charge is 0.497 e. The molecule has 0 radical (unpaired) electrons. The molecular weight excluding hydrogens is 462 g/mol. The first-order valence-corrected chi connectivity index (χ1v) is 10.8. The van der Waals surface area contributed by atoms with Crippen molar-refractivity contribution < 1.29 is 9.53 Å². The first-order chi connectivity index (χ1) is 13.3. The van der Waals surface area contributed by atoms with Gasteiger partial charge >= 0.3 is 0 Å². The van der Waals surface area contributed by atoms with Crippen LogP contribution in [0, 0.1) is 0 Å². The van der Waals surface area contributed by atoms with Crippen molar-refractivity contribution in [1.29, 1.82) is 0 Å². The number of fused-ring (bicyclic) bond motifs is 1. The van der Waals surface area contributed by atoms with Gasteiger partial charge in [-0.2, -0.15) is 5.10 Å². The summed E-state index contributed by atoms with van der Waals surface area (Å²) in [6.07, 6.45) is 0. The molecule has 3 aromatic rings. The lowest BCUT2D eigenvalue weighted by Crippen LogP contribution is -2.50. The van der Waals surface area contributed by atoms with Crippen LogP contribution in [0.1, 0.15) is 29.9 Å². The topological polar surface area (TPSA) is 47.4 Å². The zero-order valence-electron chi connectivity index (χ0n) is 15.7. The SMILES string of the molecule is COc1ccc(CN2CC(C)(C)n3nc(Br)c(-c4ccc(Cl)s4)c3C2=O)cc1. The van der Waals surface area contributed by atoms with E-state index in [1.54, 1.807) is 7.11 Å². The minimum atomic E-state index is -0.336. The summed E-state index contributed by atoms with van der Waals surface area (Å²) >= 11 is 11.1. The number of ether oxygens (including phenoxy) is 1. The van der Waals surface area contributed by atoms with Gasteiger partial charge in [-0.25, -0.2) is 0 Å². The van der Waals surface area contributed by atoms with Crippen molar-refractivity contribution in [3.05, 3.63) is 56.6 Å². The summed E-state index contributed by atoms with van der Waals surface area (Å²) in [5.41, 5.74) is 2.11. The van der Waals surface area contributed by atoms with E-state index < -0.39 is 0 Å². The summed E-state index contributed by atoms with van der Waals surface area (Å²) in [6.45, 7) is 5.28. The maximum Gasteiger partial charge on any atom is 0.273 e. The summed E-state index contributed by atoms with van der Waals surface area (Å²) in [6, 6.07) is 11.6. The van der Waals surface area contributed by atoms with Gasteiger partial charge in [0.1, 0.15) is 16.0 Å². The molecule has 3 heterocycles. The summed E-state index contributed by atoms with van der Waals surface area (Å²) < 4.78 is 8.40. The second-order valence-electron chi connectivity index (χ2n) is 7.35. The minimum absolute atomic E-state index is 0.0344. The Morgan fingerprint density at radius 3 is 2.57 bits per heavy atom. The van der Waals surface area contributed by atoms with Crippen molar-refractivity contribution in [2.24, 2.45) is 0 Å². The highest BCUT2D eigenvalue weighted by molar-refractivity contribution is 9.10. The van der Waals surface area contributed by atoms with E-state index in [1.165, 1.54) is 11.3 Å². The Hall–Kier alpha value is -1.83. The Kier molecular flexibility index (Phi) is 5.02. The zero-order valence-corrected chi connectivity index (χ0v) is 18.9. The third kappa shape index (κ3) is 3.36. The molecule has 4 rings (SSSR count). The van der Waals surface area contributed by atoms with Crippen LogP contribution in [0.3, 0.4) is 0 Å². The van der Waals surface area contributed by atoms with Gasteiger partial charge in [-0.15, -0.1) is 11.3 Å².